The molecule has 0 saturated heterocycles. The molecule has 3 aromatic heterocycles. The number of oxazole rings is 1. The molecule has 0 amide bonds. The predicted octanol–water partition coefficient (Wildman–Crippen LogP) is 3.77. The molecule has 0 saturated carbocycles. The van der Waals surface area contributed by atoms with Gasteiger partial charge in [-0.1, -0.05) is 12.1 Å². The average molecular weight is 345 g/mol. The number of benzene rings is 1. The van der Waals surface area contributed by atoms with Crippen LogP contribution in [0.3, 0.4) is 0 Å². The van der Waals surface area contributed by atoms with Gasteiger partial charge in [-0.05, 0) is 35.9 Å². The number of H-pyrrole nitrogens is 1. The Morgan fingerprint density at radius 1 is 0.962 bits per heavy atom. The van der Waals surface area contributed by atoms with Crippen LogP contribution in [0.25, 0.3) is 33.8 Å². The summed E-state index contributed by atoms with van der Waals surface area (Å²) in [7, 11) is 1.62. The number of ether oxygens (including phenoxy) is 1. The van der Waals surface area contributed by atoms with Crippen molar-refractivity contribution in [3.05, 3.63) is 77.7 Å². The highest BCUT2D eigenvalue weighted by Gasteiger charge is 2.16. The van der Waals surface area contributed by atoms with Crippen LogP contribution in [0.1, 0.15) is 0 Å². The third-order valence-corrected chi connectivity index (χ3v) is 4.07. The van der Waals surface area contributed by atoms with Crippen molar-refractivity contribution in [2.45, 2.75) is 0 Å². The van der Waals surface area contributed by atoms with Gasteiger partial charge < -0.3 is 14.1 Å². The van der Waals surface area contributed by atoms with E-state index in [0.717, 1.165) is 22.4 Å². The summed E-state index contributed by atoms with van der Waals surface area (Å²) in [6, 6.07) is 13.1. The Kier molecular flexibility index (Phi) is 4.07. The Balaban J connectivity index is 1.96. The molecule has 0 fully saturated rings. The standard InChI is InChI=1S/C20H15N3O3/c1-25-15-4-2-13(3-5-15)16-12-17(20-22-10-11-26-20)19(24)23-18(16)14-6-8-21-9-7-14/h2-12H,1H3,(H,23,24). The van der Waals surface area contributed by atoms with E-state index in [1.165, 1.54) is 12.5 Å². The van der Waals surface area contributed by atoms with E-state index in [4.69, 9.17) is 9.15 Å². The predicted molar refractivity (Wildman–Crippen MR) is 97.8 cm³/mol. The Morgan fingerprint density at radius 3 is 2.38 bits per heavy atom. The van der Waals surface area contributed by atoms with Crippen molar-refractivity contribution in [1.29, 1.82) is 0 Å². The number of aromatic amines is 1. The van der Waals surface area contributed by atoms with E-state index in [1.54, 1.807) is 25.6 Å². The molecule has 0 aliphatic rings. The summed E-state index contributed by atoms with van der Waals surface area (Å²) in [5, 5.41) is 0. The van der Waals surface area contributed by atoms with Crippen LogP contribution in [0.15, 0.2) is 76.5 Å². The van der Waals surface area contributed by atoms with Crippen molar-refractivity contribution in [2.24, 2.45) is 0 Å². The van der Waals surface area contributed by atoms with Crippen LogP contribution in [0.4, 0.5) is 0 Å². The van der Waals surface area contributed by atoms with Crippen LogP contribution >= 0.6 is 0 Å². The highest BCUT2D eigenvalue weighted by atomic mass is 16.5. The number of rotatable bonds is 4. The van der Waals surface area contributed by atoms with Crippen molar-refractivity contribution in [2.75, 3.05) is 7.11 Å². The van der Waals surface area contributed by atoms with Gasteiger partial charge in [-0.15, -0.1) is 0 Å². The molecule has 1 N–H and O–H groups in total. The van der Waals surface area contributed by atoms with Gasteiger partial charge in [0.15, 0.2) is 0 Å². The SMILES string of the molecule is COc1ccc(-c2cc(-c3ncco3)c(=O)[nH]c2-c2ccncc2)cc1. The Bertz CT molecular complexity index is 1070. The molecular formula is C20H15N3O3. The first-order valence-corrected chi connectivity index (χ1v) is 7.98. The van der Waals surface area contributed by atoms with Crippen molar-refractivity contribution in [3.8, 4) is 39.6 Å². The molecule has 0 atom stereocenters. The van der Waals surface area contributed by atoms with E-state index in [2.05, 4.69) is 15.0 Å². The molecule has 26 heavy (non-hydrogen) atoms. The summed E-state index contributed by atoms with van der Waals surface area (Å²) >= 11 is 0. The minimum Gasteiger partial charge on any atom is -0.497 e. The van der Waals surface area contributed by atoms with Gasteiger partial charge >= 0.3 is 0 Å². The van der Waals surface area contributed by atoms with Gasteiger partial charge in [0, 0.05) is 23.5 Å². The average Bonchev–Trinajstić information content (AvgIpc) is 3.23. The third kappa shape index (κ3) is 2.88. The summed E-state index contributed by atoms with van der Waals surface area (Å²) < 4.78 is 10.5. The highest BCUT2D eigenvalue weighted by Crippen LogP contribution is 2.32. The van der Waals surface area contributed by atoms with E-state index >= 15 is 0 Å². The third-order valence-electron chi connectivity index (χ3n) is 4.07. The normalized spacial score (nSPS) is 10.7. The molecule has 0 unspecified atom stereocenters. The van der Waals surface area contributed by atoms with Crippen LogP contribution in [0, 0.1) is 0 Å². The van der Waals surface area contributed by atoms with E-state index in [9.17, 15) is 4.79 Å². The first kappa shape index (κ1) is 15.8. The van der Waals surface area contributed by atoms with Gasteiger partial charge in [-0.25, -0.2) is 4.98 Å². The highest BCUT2D eigenvalue weighted by molar-refractivity contribution is 5.83. The smallest absolute Gasteiger partial charge is 0.261 e. The molecule has 1 aromatic carbocycles. The Labute approximate surface area is 149 Å². The molecule has 4 rings (SSSR count). The number of pyridine rings is 2. The lowest BCUT2D eigenvalue weighted by Crippen LogP contribution is -2.11. The number of nitrogens with zero attached hydrogens (tertiary/aromatic N) is 2. The molecule has 0 aliphatic heterocycles. The van der Waals surface area contributed by atoms with Crippen molar-refractivity contribution in [1.82, 2.24) is 15.0 Å². The molecular weight excluding hydrogens is 330 g/mol. The van der Waals surface area contributed by atoms with Crippen LogP contribution < -0.4 is 10.3 Å². The summed E-state index contributed by atoms with van der Waals surface area (Å²) in [4.78, 5) is 23.7. The first-order valence-electron chi connectivity index (χ1n) is 7.98. The molecule has 0 spiro atoms. The number of hydrogen-bond donors (Lipinski definition) is 1. The molecule has 0 bridgehead atoms. The minimum atomic E-state index is -0.267. The zero-order chi connectivity index (χ0) is 17.9. The molecule has 4 aromatic rings. The van der Waals surface area contributed by atoms with Gasteiger partial charge in [0.2, 0.25) is 5.89 Å². The zero-order valence-corrected chi connectivity index (χ0v) is 14.0. The lowest BCUT2D eigenvalue weighted by molar-refractivity contribution is 0.415. The maximum Gasteiger partial charge on any atom is 0.261 e. The van der Waals surface area contributed by atoms with Crippen molar-refractivity contribution < 1.29 is 9.15 Å². The minimum absolute atomic E-state index is 0.267. The van der Waals surface area contributed by atoms with Crippen LogP contribution in [0.5, 0.6) is 5.75 Å². The maximum absolute atomic E-state index is 12.6. The number of aromatic nitrogens is 3. The van der Waals surface area contributed by atoms with Crippen LogP contribution in [-0.2, 0) is 0 Å². The molecule has 128 valence electrons. The van der Waals surface area contributed by atoms with Crippen LogP contribution in [-0.4, -0.2) is 22.1 Å². The topological polar surface area (TPSA) is 81.0 Å². The fourth-order valence-corrected chi connectivity index (χ4v) is 2.79. The zero-order valence-electron chi connectivity index (χ0n) is 14.0. The molecule has 3 heterocycles. The van der Waals surface area contributed by atoms with Gasteiger partial charge in [0.05, 0.1) is 19.0 Å². The first-order chi connectivity index (χ1) is 12.8. The quantitative estimate of drug-likeness (QED) is 0.609. The van der Waals surface area contributed by atoms with E-state index in [-0.39, 0.29) is 11.4 Å². The van der Waals surface area contributed by atoms with Crippen molar-refractivity contribution >= 4 is 0 Å². The maximum atomic E-state index is 12.6. The largest absolute Gasteiger partial charge is 0.497 e. The second-order valence-electron chi connectivity index (χ2n) is 5.60. The van der Waals surface area contributed by atoms with Gasteiger partial charge in [0.1, 0.15) is 17.6 Å². The summed E-state index contributed by atoms with van der Waals surface area (Å²) in [6.45, 7) is 0. The molecule has 6 heteroatoms. The van der Waals surface area contributed by atoms with Gasteiger partial charge in [-0.2, -0.15) is 0 Å². The van der Waals surface area contributed by atoms with E-state index < -0.39 is 0 Å². The van der Waals surface area contributed by atoms with Gasteiger partial charge in [-0.3, -0.25) is 9.78 Å². The molecule has 6 nitrogen and oxygen atoms in total. The molecule has 0 radical (unpaired) electrons. The number of hydrogen-bond acceptors (Lipinski definition) is 5. The fraction of sp³-hybridized carbons (Fsp3) is 0.0500. The molecule has 0 aliphatic carbocycles. The van der Waals surface area contributed by atoms with E-state index in [1.807, 2.05) is 36.4 Å². The summed E-state index contributed by atoms with van der Waals surface area (Å²) in [6.07, 6.45) is 6.33. The van der Waals surface area contributed by atoms with Crippen molar-refractivity contribution in [3.63, 3.8) is 0 Å². The van der Waals surface area contributed by atoms with Gasteiger partial charge in [0.25, 0.3) is 5.56 Å². The van der Waals surface area contributed by atoms with Crippen LogP contribution in [0.2, 0.25) is 0 Å². The second kappa shape index (κ2) is 6.68. The Morgan fingerprint density at radius 2 is 1.73 bits per heavy atom. The lowest BCUT2D eigenvalue weighted by atomic mass is 9.98. The Hall–Kier alpha value is -3.67. The van der Waals surface area contributed by atoms with E-state index in [0.29, 0.717) is 11.3 Å². The number of methoxy groups -OCH3 is 1. The summed E-state index contributed by atoms with van der Waals surface area (Å²) in [5.41, 5.74) is 3.46. The lowest BCUT2D eigenvalue weighted by Gasteiger charge is -2.12. The second-order valence-corrected chi connectivity index (χ2v) is 5.60. The summed E-state index contributed by atoms with van der Waals surface area (Å²) in [5.74, 6) is 1.04. The monoisotopic (exact) mass is 345 g/mol. The fourth-order valence-electron chi connectivity index (χ4n) is 2.79. The number of nitrogens with one attached hydrogen (secondary N) is 1.